The molecule has 1 aliphatic rings. The molecule has 0 N–H and O–H groups in total. The van der Waals surface area contributed by atoms with E-state index in [1.54, 1.807) is 21.6 Å². The van der Waals surface area contributed by atoms with Gasteiger partial charge in [-0.1, -0.05) is 36.4 Å². The van der Waals surface area contributed by atoms with Crippen molar-refractivity contribution in [3.05, 3.63) is 78.1 Å². The first kappa shape index (κ1) is 22.8. The van der Waals surface area contributed by atoms with Crippen molar-refractivity contribution in [2.45, 2.75) is 26.0 Å². The summed E-state index contributed by atoms with van der Waals surface area (Å²) in [7, 11) is 1.59. The van der Waals surface area contributed by atoms with Crippen molar-refractivity contribution in [3.63, 3.8) is 0 Å². The number of hydrogen-bond acceptors (Lipinski definition) is 6. The summed E-state index contributed by atoms with van der Waals surface area (Å²) in [6, 6.07) is 17.1. The fourth-order valence-corrected chi connectivity index (χ4v) is 4.59. The van der Waals surface area contributed by atoms with Crippen LogP contribution in [-0.4, -0.2) is 68.7 Å². The van der Waals surface area contributed by atoms with Crippen LogP contribution in [0.5, 0.6) is 0 Å². The number of piperazine rings is 1. The van der Waals surface area contributed by atoms with Crippen LogP contribution in [0.3, 0.4) is 0 Å². The predicted octanol–water partition coefficient (Wildman–Crippen LogP) is 3.54. The predicted molar refractivity (Wildman–Crippen MR) is 129 cm³/mol. The lowest BCUT2D eigenvalue weighted by molar-refractivity contribution is 0.0148. The van der Waals surface area contributed by atoms with Crippen LogP contribution in [0.25, 0.3) is 16.7 Å². The Bertz CT molecular complexity index is 1370. The second-order valence-electron chi connectivity index (χ2n) is 9.18. The van der Waals surface area contributed by atoms with E-state index in [1.165, 1.54) is 6.33 Å². The highest BCUT2D eigenvalue weighted by molar-refractivity contribution is 5.99. The number of carbonyl (C=O) groups is 2. The minimum atomic E-state index is -0.628. The molecule has 5 rings (SSSR count). The lowest BCUT2D eigenvalue weighted by Gasteiger charge is -2.46. The molecule has 0 atom stereocenters. The fourth-order valence-electron chi connectivity index (χ4n) is 4.59. The smallest absolute Gasteiger partial charge is 0.294 e. The van der Waals surface area contributed by atoms with Crippen molar-refractivity contribution >= 4 is 22.8 Å². The number of methoxy groups -OCH3 is 1. The molecule has 0 spiro atoms. The lowest BCUT2D eigenvalue weighted by Crippen LogP contribution is -2.62. The average molecular weight is 474 g/mol. The Morgan fingerprint density at radius 3 is 2.51 bits per heavy atom. The Morgan fingerprint density at radius 2 is 1.77 bits per heavy atom. The molecule has 2 aromatic carbocycles. The van der Waals surface area contributed by atoms with Gasteiger partial charge in [-0.15, -0.1) is 5.10 Å². The fraction of sp³-hybridized carbons (Fsp3) is 0.308. The van der Waals surface area contributed by atoms with Crippen LogP contribution in [0.4, 0.5) is 0 Å². The Morgan fingerprint density at radius 1 is 1.03 bits per heavy atom. The third kappa shape index (κ3) is 4.19. The molecule has 0 bridgehead atoms. The number of benzene rings is 2. The number of ether oxygens (including phenoxy) is 1. The molecule has 2 amide bonds. The molecule has 0 aliphatic carbocycles. The van der Waals surface area contributed by atoms with Crippen LogP contribution in [0.1, 0.15) is 40.6 Å². The van der Waals surface area contributed by atoms with Gasteiger partial charge in [0.2, 0.25) is 5.82 Å². The minimum absolute atomic E-state index is 0.126. The highest BCUT2D eigenvalue weighted by Gasteiger charge is 2.41. The van der Waals surface area contributed by atoms with E-state index in [0.29, 0.717) is 25.2 Å². The third-order valence-electron chi connectivity index (χ3n) is 6.32. The average Bonchev–Trinajstić information content (AvgIpc) is 3.49. The number of furan rings is 1. The van der Waals surface area contributed by atoms with E-state index in [2.05, 4.69) is 10.1 Å². The van der Waals surface area contributed by atoms with Gasteiger partial charge in [0.25, 0.3) is 11.8 Å². The first-order valence-electron chi connectivity index (χ1n) is 11.5. The number of rotatable bonds is 5. The molecular weight excluding hydrogens is 446 g/mol. The molecular formula is C26H27N5O4. The van der Waals surface area contributed by atoms with Crippen molar-refractivity contribution in [1.82, 2.24) is 24.6 Å². The normalized spacial score (nSPS) is 15.5. The Hall–Kier alpha value is -3.98. The Balaban J connectivity index is 1.35. The van der Waals surface area contributed by atoms with Crippen molar-refractivity contribution < 1.29 is 18.7 Å². The van der Waals surface area contributed by atoms with Crippen molar-refractivity contribution in [1.29, 1.82) is 0 Å². The highest BCUT2D eigenvalue weighted by atomic mass is 16.5. The van der Waals surface area contributed by atoms with Crippen LogP contribution >= 0.6 is 0 Å². The van der Waals surface area contributed by atoms with E-state index in [1.807, 2.05) is 68.4 Å². The summed E-state index contributed by atoms with van der Waals surface area (Å²) in [5.74, 6) is -0.0613. The maximum atomic E-state index is 13.5. The zero-order valence-electron chi connectivity index (χ0n) is 20.0. The maximum absolute atomic E-state index is 13.5. The minimum Gasteiger partial charge on any atom is -0.451 e. The number of para-hydroxylation sites is 2. The quantitative estimate of drug-likeness (QED) is 0.440. The molecule has 9 nitrogen and oxygen atoms in total. The number of hydrogen-bond donors (Lipinski definition) is 0. The second kappa shape index (κ2) is 8.99. The van der Waals surface area contributed by atoms with Gasteiger partial charge in [-0.3, -0.25) is 9.59 Å². The SMILES string of the molecule is COCc1c(C(=O)N2CCN(C(=O)c3ncn(-c4ccccc4)n3)C(C)(C)C2)oc2ccccc12. The highest BCUT2D eigenvalue weighted by Crippen LogP contribution is 2.30. The van der Waals surface area contributed by atoms with E-state index in [4.69, 9.17) is 9.15 Å². The summed E-state index contributed by atoms with van der Waals surface area (Å²) in [4.78, 5) is 34.5. The van der Waals surface area contributed by atoms with E-state index >= 15 is 0 Å². The van der Waals surface area contributed by atoms with Gasteiger partial charge in [-0.2, -0.15) is 0 Å². The van der Waals surface area contributed by atoms with Crippen molar-refractivity contribution in [3.8, 4) is 5.69 Å². The summed E-state index contributed by atoms with van der Waals surface area (Å²) in [6.07, 6.45) is 1.54. The zero-order chi connectivity index (χ0) is 24.6. The summed E-state index contributed by atoms with van der Waals surface area (Å²) < 4.78 is 12.9. The van der Waals surface area contributed by atoms with Crippen molar-refractivity contribution in [2.24, 2.45) is 0 Å². The molecule has 0 radical (unpaired) electrons. The van der Waals surface area contributed by atoms with Crippen LogP contribution in [0.15, 0.2) is 65.3 Å². The summed E-state index contributed by atoms with van der Waals surface area (Å²) in [5, 5.41) is 5.25. The molecule has 1 fully saturated rings. The number of amides is 2. The molecule has 2 aromatic heterocycles. The van der Waals surface area contributed by atoms with E-state index < -0.39 is 5.54 Å². The Labute approximate surface area is 202 Å². The third-order valence-corrected chi connectivity index (χ3v) is 6.32. The first-order chi connectivity index (χ1) is 16.9. The van der Waals surface area contributed by atoms with Crippen molar-refractivity contribution in [2.75, 3.05) is 26.7 Å². The lowest BCUT2D eigenvalue weighted by atomic mass is 9.98. The van der Waals surface area contributed by atoms with Crippen LogP contribution in [0.2, 0.25) is 0 Å². The number of aromatic nitrogens is 3. The van der Waals surface area contributed by atoms with E-state index in [-0.39, 0.29) is 30.0 Å². The first-order valence-corrected chi connectivity index (χ1v) is 11.5. The molecule has 0 saturated carbocycles. The molecule has 9 heteroatoms. The van der Waals surface area contributed by atoms with Gasteiger partial charge in [0, 0.05) is 37.7 Å². The van der Waals surface area contributed by atoms with Crippen LogP contribution in [-0.2, 0) is 11.3 Å². The molecule has 1 aliphatic heterocycles. The number of fused-ring (bicyclic) bond motifs is 1. The van der Waals surface area contributed by atoms with Gasteiger partial charge in [0.15, 0.2) is 5.76 Å². The maximum Gasteiger partial charge on any atom is 0.294 e. The van der Waals surface area contributed by atoms with Gasteiger partial charge in [0.05, 0.1) is 17.8 Å². The van der Waals surface area contributed by atoms with Gasteiger partial charge >= 0.3 is 0 Å². The molecule has 180 valence electrons. The standard InChI is InChI=1S/C26H27N5O4/c1-26(2)16-29(24(32)22-20(15-34-3)19-11-7-8-12-21(19)35-22)13-14-30(26)25(33)23-27-17-31(28-23)18-9-5-4-6-10-18/h4-12,17H,13-16H2,1-3H3. The van der Waals surface area contributed by atoms with Gasteiger partial charge in [0.1, 0.15) is 11.9 Å². The van der Waals surface area contributed by atoms with E-state index in [0.717, 1.165) is 16.6 Å². The van der Waals surface area contributed by atoms with E-state index in [9.17, 15) is 9.59 Å². The summed E-state index contributed by atoms with van der Waals surface area (Å²) in [5.41, 5.74) is 1.58. The van der Waals surface area contributed by atoms with Crippen LogP contribution < -0.4 is 0 Å². The van der Waals surface area contributed by atoms with Gasteiger partial charge in [-0.25, -0.2) is 9.67 Å². The Kier molecular flexibility index (Phi) is 5.86. The monoisotopic (exact) mass is 473 g/mol. The number of nitrogens with zero attached hydrogens (tertiary/aromatic N) is 5. The number of carbonyl (C=O) groups excluding carboxylic acids is 2. The summed E-state index contributed by atoms with van der Waals surface area (Å²) >= 11 is 0. The second-order valence-corrected chi connectivity index (χ2v) is 9.18. The zero-order valence-corrected chi connectivity index (χ0v) is 20.0. The molecule has 0 unspecified atom stereocenters. The van der Waals surface area contributed by atoms with Gasteiger partial charge in [-0.05, 0) is 32.0 Å². The molecule has 35 heavy (non-hydrogen) atoms. The molecule has 4 aromatic rings. The molecule has 1 saturated heterocycles. The topological polar surface area (TPSA) is 93.7 Å². The van der Waals surface area contributed by atoms with Gasteiger partial charge < -0.3 is 19.0 Å². The largest absolute Gasteiger partial charge is 0.451 e. The summed E-state index contributed by atoms with van der Waals surface area (Å²) in [6.45, 7) is 5.23. The molecule has 3 heterocycles. The van der Waals surface area contributed by atoms with Crippen LogP contribution in [0, 0.1) is 0 Å².